The van der Waals surface area contributed by atoms with Crippen LogP contribution in [0.1, 0.15) is 18.9 Å². The highest BCUT2D eigenvalue weighted by atomic mass is 32.1. The normalized spacial score (nSPS) is 9.62. The largest absolute Gasteiger partial charge is 0.151 e. The summed E-state index contributed by atoms with van der Waals surface area (Å²) < 4.78 is 0. The molecule has 0 atom stereocenters. The molecular weight excluding hydrogens is 116 g/mol. The Morgan fingerprint density at radius 3 is 3.12 bits per heavy atom. The van der Waals surface area contributed by atoms with Crippen molar-refractivity contribution in [1.29, 1.82) is 0 Å². The standard InChI is InChI=1S/C7H9S/c1-2-3-7-4-5-8-6-7/h5-6H,2-3H2,1H3. The predicted octanol–water partition coefficient (Wildman–Crippen LogP) is 2.50. The molecule has 1 aromatic rings. The molecule has 0 spiro atoms. The van der Waals surface area contributed by atoms with Crippen molar-refractivity contribution in [2.24, 2.45) is 0 Å². The van der Waals surface area contributed by atoms with Gasteiger partial charge >= 0.3 is 0 Å². The number of rotatable bonds is 2. The van der Waals surface area contributed by atoms with Gasteiger partial charge in [0, 0.05) is 0 Å². The molecule has 1 radical (unpaired) electrons. The summed E-state index contributed by atoms with van der Waals surface area (Å²) in [4.78, 5) is 0. The summed E-state index contributed by atoms with van der Waals surface area (Å²) in [6.45, 7) is 2.19. The van der Waals surface area contributed by atoms with Crippen molar-refractivity contribution in [3.8, 4) is 0 Å². The van der Waals surface area contributed by atoms with E-state index in [9.17, 15) is 0 Å². The van der Waals surface area contributed by atoms with Gasteiger partial charge in [-0.05, 0) is 28.8 Å². The van der Waals surface area contributed by atoms with E-state index in [4.69, 9.17) is 0 Å². The topological polar surface area (TPSA) is 0 Å². The van der Waals surface area contributed by atoms with E-state index >= 15 is 0 Å². The van der Waals surface area contributed by atoms with Gasteiger partial charge in [-0.15, -0.1) is 0 Å². The molecule has 0 saturated carbocycles. The molecule has 1 heteroatoms. The number of aryl methyl sites for hydroxylation is 1. The van der Waals surface area contributed by atoms with Crippen molar-refractivity contribution < 1.29 is 0 Å². The average molecular weight is 125 g/mol. The minimum absolute atomic E-state index is 1.18. The highest BCUT2D eigenvalue weighted by Crippen LogP contribution is 2.06. The van der Waals surface area contributed by atoms with Gasteiger partial charge in [-0.3, -0.25) is 0 Å². The van der Waals surface area contributed by atoms with E-state index in [2.05, 4.69) is 18.4 Å². The van der Waals surface area contributed by atoms with Crippen LogP contribution in [0.4, 0.5) is 0 Å². The predicted molar refractivity (Wildman–Crippen MR) is 37.2 cm³/mol. The second-order valence-electron chi connectivity index (χ2n) is 1.79. The summed E-state index contributed by atoms with van der Waals surface area (Å²) in [6, 6.07) is 3.16. The van der Waals surface area contributed by atoms with Gasteiger partial charge in [0.15, 0.2) is 0 Å². The molecule has 0 nitrogen and oxygen atoms in total. The smallest absolute Gasteiger partial charge is 0.00115 e. The zero-order valence-electron chi connectivity index (χ0n) is 4.98. The molecule has 0 aromatic carbocycles. The highest BCUT2D eigenvalue weighted by molar-refractivity contribution is 7.07. The van der Waals surface area contributed by atoms with E-state index in [1.54, 1.807) is 11.3 Å². The maximum atomic E-state index is 3.16. The molecule has 0 bridgehead atoms. The molecular formula is C7H9S. The lowest BCUT2D eigenvalue weighted by molar-refractivity contribution is 0.925. The van der Waals surface area contributed by atoms with Crippen LogP contribution in [-0.4, -0.2) is 0 Å². The molecule has 0 amide bonds. The number of hydrogen-bond donors (Lipinski definition) is 0. The van der Waals surface area contributed by atoms with Gasteiger partial charge in [0.05, 0.1) is 0 Å². The quantitative estimate of drug-likeness (QED) is 0.569. The Kier molecular flexibility index (Phi) is 2.10. The summed E-state index contributed by atoms with van der Waals surface area (Å²) in [7, 11) is 0. The molecule has 0 aliphatic rings. The van der Waals surface area contributed by atoms with Crippen LogP contribution in [0.15, 0.2) is 10.8 Å². The van der Waals surface area contributed by atoms with Gasteiger partial charge in [0.1, 0.15) is 0 Å². The third-order valence-electron chi connectivity index (χ3n) is 1.04. The summed E-state index contributed by atoms with van der Waals surface area (Å²) in [5, 5.41) is 4.16. The monoisotopic (exact) mass is 125 g/mol. The first kappa shape index (κ1) is 5.83. The van der Waals surface area contributed by atoms with Crippen molar-refractivity contribution in [2.75, 3.05) is 0 Å². The lowest BCUT2D eigenvalue weighted by Gasteiger charge is -1.85. The van der Waals surface area contributed by atoms with Crippen molar-refractivity contribution >= 4 is 11.3 Å². The van der Waals surface area contributed by atoms with E-state index in [-0.39, 0.29) is 0 Å². The third-order valence-corrected chi connectivity index (χ3v) is 1.72. The Hall–Kier alpha value is -0.300. The third kappa shape index (κ3) is 1.34. The Balaban J connectivity index is 2.50. The van der Waals surface area contributed by atoms with Gasteiger partial charge in [-0.25, -0.2) is 0 Å². The second-order valence-corrected chi connectivity index (χ2v) is 2.53. The van der Waals surface area contributed by atoms with E-state index in [1.807, 2.05) is 5.38 Å². The molecule has 1 rings (SSSR count). The minimum atomic E-state index is 1.18. The zero-order valence-corrected chi connectivity index (χ0v) is 5.79. The first-order valence-electron chi connectivity index (χ1n) is 2.86. The first-order valence-corrected chi connectivity index (χ1v) is 3.80. The molecule has 0 unspecified atom stereocenters. The molecule has 0 saturated heterocycles. The molecule has 1 aromatic heterocycles. The Bertz CT molecular complexity index is 130. The molecule has 0 fully saturated rings. The van der Waals surface area contributed by atoms with E-state index < -0.39 is 0 Å². The summed E-state index contributed by atoms with van der Waals surface area (Å²) >= 11 is 1.72. The summed E-state index contributed by atoms with van der Waals surface area (Å²) in [5.41, 5.74) is 1.36. The molecule has 0 aliphatic heterocycles. The SMILES string of the molecule is CCCc1[c]csc1. The van der Waals surface area contributed by atoms with Crippen LogP contribution in [0.5, 0.6) is 0 Å². The zero-order chi connectivity index (χ0) is 5.82. The average Bonchev–Trinajstić information content (AvgIpc) is 2.19. The van der Waals surface area contributed by atoms with E-state index in [0.29, 0.717) is 0 Å². The van der Waals surface area contributed by atoms with Crippen molar-refractivity contribution in [2.45, 2.75) is 19.8 Å². The fraction of sp³-hybridized carbons (Fsp3) is 0.429. The summed E-state index contributed by atoms with van der Waals surface area (Å²) in [5.74, 6) is 0. The van der Waals surface area contributed by atoms with Crippen LogP contribution in [0.3, 0.4) is 0 Å². The van der Waals surface area contributed by atoms with Crippen LogP contribution in [0.25, 0.3) is 0 Å². The lowest BCUT2D eigenvalue weighted by Crippen LogP contribution is -1.74. The minimum Gasteiger partial charge on any atom is -0.151 e. The van der Waals surface area contributed by atoms with E-state index in [0.717, 1.165) is 0 Å². The van der Waals surface area contributed by atoms with Gasteiger partial charge in [0.2, 0.25) is 0 Å². The fourth-order valence-corrected chi connectivity index (χ4v) is 1.30. The first-order chi connectivity index (χ1) is 3.93. The fourth-order valence-electron chi connectivity index (χ4n) is 0.660. The van der Waals surface area contributed by atoms with Gasteiger partial charge in [-0.2, -0.15) is 11.3 Å². The Labute approximate surface area is 54.2 Å². The maximum absolute atomic E-state index is 3.16. The molecule has 43 valence electrons. The molecule has 8 heavy (non-hydrogen) atoms. The Morgan fingerprint density at radius 1 is 1.75 bits per heavy atom. The van der Waals surface area contributed by atoms with Gasteiger partial charge in [-0.1, -0.05) is 13.3 Å². The second kappa shape index (κ2) is 2.88. The van der Waals surface area contributed by atoms with Crippen LogP contribution < -0.4 is 0 Å². The van der Waals surface area contributed by atoms with Crippen molar-refractivity contribution in [3.63, 3.8) is 0 Å². The van der Waals surface area contributed by atoms with Gasteiger partial charge in [0.25, 0.3) is 0 Å². The highest BCUT2D eigenvalue weighted by Gasteiger charge is 1.87. The molecule has 0 aliphatic carbocycles. The molecule has 0 N–H and O–H groups in total. The van der Waals surface area contributed by atoms with Gasteiger partial charge < -0.3 is 0 Å². The van der Waals surface area contributed by atoms with Crippen molar-refractivity contribution in [1.82, 2.24) is 0 Å². The molecule has 1 heterocycles. The van der Waals surface area contributed by atoms with Crippen LogP contribution in [0.2, 0.25) is 0 Å². The van der Waals surface area contributed by atoms with E-state index in [1.165, 1.54) is 18.4 Å². The van der Waals surface area contributed by atoms with Crippen molar-refractivity contribution in [3.05, 3.63) is 22.4 Å². The lowest BCUT2D eigenvalue weighted by atomic mass is 10.2. The number of hydrogen-bond acceptors (Lipinski definition) is 1. The maximum Gasteiger partial charge on any atom is -0.00115 e. The van der Waals surface area contributed by atoms with Crippen LogP contribution in [-0.2, 0) is 6.42 Å². The Morgan fingerprint density at radius 2 is 2.62 bits per heavy atom. The number of thiophene rings is 1. The summed E-state index contributed by atoms with van der Waals surface area (Å²) in [6.07, 6.45) is 2.41. The van der Waals surface area contributed by atoms with Crippen LogP contribution in [0, 0.1) is 6.07 Å². The van der Waals surface area contributed by atoms with Crippen LogP contribution >= 0.6 is 11.3 Å².